The largest absolute Gasteiger partial charge is 0.397 e. The summed E-state index contributed by atoms with van der Waals surface area (Å²) in [6.07, 6.45) is 0.271. The van der Waals surface area contributed by atoms with E-state index in [0.29, 0.717) is 6.61 Å². The number of ether oxygens (including phenoxy) is 1. The molecule has 0 aliphatic rings. The lowest BCUT2D eigenvalue weighted by molar-refractivity contribution is 0.0870. The molecule has 15 heavy (non-hydrogen) atoms. The van der Waals surface area contributed by atoms with Crippen molar-refractivity contribution in [1.82, 2.24) is 4.98 Å². The van der Waals surface area contributed by atoms with Gasteiger partial charge in [-0.1, -0.05) is 0 Å². The Labute approximate surface area is 90.8 Å². The lowest BCUT2D eigenvalue weighted by Crippen LogP contribution is -2.14. The SMILES string of the molecule is Cc1nc(NCCOC(C)C)ccc1N. The van der Waals surface area contributed by atoms with E-state index in [2.05, 4.69) is 10.3 Å². The molecule has 0 unspecified atom stereocenters. The Bertz CT molecular complexity index is 313. The highest BCUT2D eigenvalue weighted by Gasteiger charge is 1.98. The summed E-state index contributed by atoms with van der Waals surface area (Å²) >= 11 is 0. The molecule has 1 rings (SSSR count). The van der Waals surface area contributed by atoms with Crippen LogP contribution in [-0.2, 0) is 4.74 Å². The minimum Gasteiger partial charge on any atom is -0.397 e. The van der Waals surface area contributed by atoms with Crippen LogP contribution in [0.5, 0.6) is 0 Å². The van der Waals surface area contributed by atoms with Crippen LogP contribution >= 0.6 is 0 Å². The van der Waals surface area contributed by atoms with Crippen molar-refractivity contribution < 1.29 is 4.74 Å². The fourth-order valence-corrected chi connectivity index (χ4v) is 1.14. The van der Waals surface area contributed by atoms with E-state index in [0.717, 1.165) is 23.7 Å². The second-order valence-corrected chi connectivity index (χ2v) is 3.72. The van der Waals surface area contributed by atoms with Gasteiger partial charge in [-0.05, 0) is 32.9 Å². The quantitative estimate of drug-likeness (QED) is 0.726. The Morgan fingerprint density at radius 1 is 1.47 bits per heavy atom. The van der Waals surface area contributed by atoms with E-state index in [9.17, 15) is 0 Å². The first-order valence-electron chi connectivity index (χ1n) is 5.18. The van der Waals surface area contributed by atoms with Crippen LogP contribution in [0.4, 0.5) is 11.5 Å². The van der Waals surface area contributed by atoms with E-state index >= 15 is 0 Å². The number of hydrogen-bond donors (Lipinski definition) is 2. The molecule has 0 saturated heterocycles. The predicted octanol–water partition coefficient (Wildman–Crippen LogP) is 1.81. The molecule has 0 bridgehead atoms. The van der Waals surface area contributed by atoms with Crippen molar-refractivity contribution >= 4 is 11.5 Å². The highest BCUT2D eigenvalue weighted by atomic mass is 16.5. The Balaban J connectivity index is 2.35. The van der Waals surface area contributed by atoms with Crippen molar-refractivity contribution in [2.24, 2.45) is 0 Å². The highest BCUT2D eigenvalue weighted by molar-refractivity contribution is 5.48. The maximum atomic E-state index is 5.67. The third-order valence-corrected chi connectivity index (χ3v) is 1.99. The van der Waals surface area contributed by atoms with Gasteiger partial charge in [0.15, 0.2) is 0 Å². The summed E-state index contributed by atoms with van der Waals surface area (Å²) in [7, 11) is 0. The number of rotatable bonds is 5. The van der Waals surface area contributed by atoms with E-state index in [1.54, 1.807) is 0 Å². The summed E-state index contributed by atoms with van der Waals surface area (Å²) in [5, 5.41) is 3.18. The topological polar surface area (TPSA) is 60.2 Å². The molecule has 0 spiro atoms. The average Bonchev–Trinajstić information content (AvgIpc) is 2.18. The summed E-state index contributed by atoms with van der Waals surface area (Å²) in [6.45, 7) is 7.37. The summed E-state index contributed by atoms with van der Waals surface area (Å²) < 4.78 is 5.40. The maximum Gasteiger partial charge on any atom is 0.126 e. The van der Waals surface area contributed by atoms with Crippen LogP contribution in [-0.4, -0.2) is 24.2 Å². The van der Waals surface area contributed by atoms with E-state index < -0.39 is 0 Å². The van der Waals surface area contributed by atoms with Gasteiger partial charge in [-0.15, -0.1) is 0 Å². The molecule has 0 fully saturated rings. The monoisotopic (exact) mass is 209 g/mol. The van der Waals surface area contributed by atoms with E-state index in [1.807, 2.05) is 32.9 Å². The van der Waals surface area contributed by atoms with Crippen LogP contribution < -0.4 is 11.1 Å². The number of nitrogens with two attached hydrogens (primary N) is 1. The van der Waals surface area contributed by atoms with Crippen LogP contribution in [0.25, 0.3) is 0 Å². The smallest absolute Gasteiger partial charge is 0.126 e. The Morgan fingerprint density at radius 3 is 2.80 bits per heavy atom. The standard InChI is InChI=1S/C11H19N3O/c1-8(2)15-7-6-13-11-5-4-10(12)9(3)14-11/h4-5,8H,6-7,12H2,1-3H3,(H,13,14). The zero-order chi connectivity index (χ0) is 11.3. The van der Waals surface area contributed by atoms with Crippen molar-refractivity contribution in [3.05, 3.63) is 17.8 Å². The van der Waals surface area contributed by atoms with Gasteiger partial charge >= 0.3 is 0 Å². The molecule has 3 N–H and O–H groups in total. The van der Waals surface area contributed by atoms with Crippen molar-refractivity contribution in [1.29, 1.82) is 0 Å². The lowest BCUT2D eigenvalue weighted by Gasteiger charge is -2.09. The van der Waals surface area contributed by atoms with Gasteiger partial charge in [-0.25, -0.2) is 4.98 Å². The molecule has 0 aromatic carbocycles. The van der Waals surface area contributed by atoms with E-state index in [4.69, 9.17) is 10.5 Å². The maximum absolute atomic E-state index is 5.67. The number of aromatic nitrogens is 1. The molecule has 0 amide bonds. The van der Waals surface area contributed by atoms with Gasteiger partial charge in [0.2, 0.25) is 0 Å². The average molecular weight is 209 g/mol. The molecule has 0 saturated carbocycles. The van der Waals surface area contributed by atoms with Crippen LogP contribution in [0.15, 0.2) is 12.1 Å². The first-order chi connectivity index (χ1) is 7.09. The van der Waals surface area contributed by atoms with Crippen molar-refractivity contribution in [3.63, 3.8) is 0 Å². The molecule has 0 aliphatic carbocycles. The van der Waals surface area contributed by atoms with Crippen LogP contribution in [0, 0.1) is 6.92 Å². The van der Waals surface area contributed by atoms with Crippen molar-refractivity contribution in [2.45, 2.75) is 26.9 Å². The fourth-order valence-electron chi connectivity index (χ4n) is 1.14. The minimum absolute atomic E-state index is 0.271. The number of hydrogen-bond acceptors (Lipinski definition) is 4. The van der Waals surface area contributed by atoms with Gasteiger partial charge in [0.25, 0.3) is 0 Å². The van der Waals surface area contributed by atoms with Crippen LogP contribution in [0.2, 0.25) is 0 Å². The summed E-state index contributed by atoms with van der Waals surface area (Å²) in [5.74, 6) is 0.842. The van der Waals surface area contributed by atoms with Gasteiger partial charge in [0.1, 0.15) is 5.82 Å². The first kappa shape index (κ1) is 11.8. The Morgan fingerprint density at radius 2 is 2.20 bits per heavy atom. The van der Waals surface area contributed by atoms with E-state index in [-0.39, 0.29) is 6.10 Å². The van der Waals surface area contributed by atoms with Crippen molar-refractivity contribution in [3.8, 4) is 0 Å². The van der Waals surface area contributed by atoms with E-state index in [1.165, 1.54) is 0 Å². The van der Waals surface area contributed by atoms with Crippen molar-refractivity contribution in [2.75, 3.05) is 24.2 Å². The molecule has 4 heteroatoms. The van der Waals surface area contributed by atoms with Crippen LogP contribution in [0.3, 0.4) is 0 Å². The molecular weight excluding hydrogens is 190 g/mol. The lowest BCUT2D eigenvalue weighted by atomic mass is 10.3. The normalized spacial score (nSPS) is 10.7. The zero-order valence-electron chi connectivity index (χ0n) is 9.58. The molecule has 0 radical (unpaired) electrons. The number of nitrogens with one attached hydrogen (secondary N) is 1. The Hall–Kier alpha value is -1.29. The minimum atomic E-state index is 0.271. The number of nitrogen functional groups attached to an aromatic ring is 1. The predicted molar refractivity (Wildman–Crippen MR) is 63.0 cm³/mol. The highest BCUT2D eigenvalue weighted by Crippen LogP contribution is 2.11. The number of pyridine rings is 1. The summed E-state index contributed by atoms with van der Waals surface area (Å²) in [6, 6.07) is 3.73. The molecule has 0 atom stereocenters. The second-order valence-electron chi connectivity index (χ2n) is 3.72. The van der Waals surface area contributed by atoms with Crippen LogP contribution in [0.1, 0.15) is 19.5 Å². The second kappa shape index (κ2) is 5.56. The fraction of sp³-hybridized carbons (Fsp3) is 0.545. The molecule has 84 valence electrons. The molecule has 1 aromatic heterocycles. The zero-order valence-corrected chi connectivity index (χ0v) is 9.58. The van der Waals surface area contributed by atoms with Gasteiger partial charge in [0, 0.05) is 6.54 Å². The van der Waals surface area contributed by atoms with Gasteiger partial charge < -0.3 is 15.8 Å². The van der Waals surface area contributed by atoms with Gasteiger partial charge in [0.05, 0.1) is 24.1 Å². The molecule has 0 aliphatic heterocycles. The number of aryl methyl sites for hydroxylation is 1. The molecule has 4 nitrogen and oxygen atoms in total. The van der Waals surface area contributed by atoms with Gasteiger partial charge in [-0.3, -0.25) is 0 Å². The molecular formula is C11H19N3O. The number of nitrogens with zero attached hydrogens (tertiary/aromatic N) is 1. The third-order valence-electron chi connectivity index (χ3n) is 1.99. The third kappa shape index (κ3) is 4.16. The molecule has 1 heterocycles. The summed E-state index contributed by atoms with van der Waals surface area (Å²) in [5.41, 5.74) is 7.24. The number of anilines is 2. The Kier molecular flexibility index (Phi) is 4.37. The molecule has 1 aromatic rings. The van der Waals surface area contributed by atoms with Gasteiger partial charge in [-0.2, -0.15) is 0 Å². The first-order valence-corrected chi connectivity index (χ1v) is 5.18. The summed E-state index contributed by atoms with van der Waals surface area (Å²) in [4.78, 5) is 4.30.